The third-order valence-electron chi connectivity index (χ3n) is 19.4. The third kappa shape index (κ3) is 20.7. The average Bonchev–Trinajstić information content (AvgIpc) is 1.13. The Bertz CT molecular complexity index is 3750. The first-order valence-electron chi connectivity index (χ1n) is 31.0. The first-order chi connectivity index (χ1) is 46.3. The van der Waals surface area contributed by atoms with Crippen LogP contribution < -0.4 is 139 Å². The van der Waals surface area contributed by atoms with E-state index in [-0.39, 0.29) is 118 Å². The summed E-state index contributed by atoms with van der Waals surface area (Å²) in [4.78, 5) is 55.0. The molecule has 0 radical (unpaired) electrons. The molecule has 10 atom stereocenters. The molecular formula is C60H72N4Na4O32S4. The molecule has 0 amide bonds. The van der Waals surface area contributed by atoms with E-state index in [1.54, 1.807) is 0 Å². The van der Waals surface area contributed by atoms with Crippen molar-refractivity contribution in [3.8, 4) is 46.0 Å². The number of carboxylic acid groups (broad SMARTS) is 4. The summed E-state index contributed by atoms with van der Waals surface area (Å²) in [7, 11) is -21.4. The van der Waals surface area contributed by atoms with E-state index in [0.717, 1.165) is 31.7 Å². The Morgan fingerprint density at radius 3 is 0.702 bits per heavy atom. The van der Waals surface area contributed by atoms with Gasteiger partial charge in [-0.05, 0) is 71.2 Å². The van der Waals surface area contributed by atoms with Crippen molar-refractivity contribution in [1.82, 2.24) is 19.6 Å². The molecule has 5 aliphatic rings. The zero-order valence-electron chi connectivity index (χ0n) is 56.5. The van der Waals surface area contributed by atoms with Crippen LogP contribution in [0.15, 0.2) is 24.3 Å². The fourth-order valence-electron chi connectivity index (χ4n) is 14.8. The second-order valence-electron chi connectivity index (χ2n) is 26.0. The van der Waals surface area contributed by atoms with E-state index in [1.165, 1.54) is 0 Å². The van der Waals surface area contributed by atoms with Gasteiger partial charge in [0.05, 0.1) is 58.6 Å². The first kappa shape index (κ1) is 91.1. The Labute approximate surface area is 683 Å². The van der Waals surface area contributed by atoms with E-state index in [4.69, 9.17) is 0 Å². The number of phenolic OH excluding ortho intramolecular Hbond substituents is 4. The Morgan fingerprint density at radius 2 is 0.510 bits per heavy atom. The van der Waals surface area contributed by atoms with Crippen molar-refractivity contribution in [2.75, 3.05) is 49.2 Å². The smallest absolute Gasteiger partial charge is 0.872 e. The number of benzene rings is 4. The van der Waals surface area contributed by atoms with Gasteiger partial charge in [0, 0.05) is 124 Å². The number of aliphatic carboxylic acids is 4. The van der Waals surface area contributed by atoms with Gasteiger partial charge in [-0.3, -0.25) is 57.0 Å². The van der Waals surface area contributed by atoms with Crippen molar-refractivity contribution in [2.24, 2.45) is 0 Å². The number of phenols is 4. The Hall–Kier alpha value is -3.52. The molecule has 9 rings (SSSR count). The number of aliphatic hydroxyl groups excluding tert-OH is 4. The number of fused-ring (bicyclic) bond motifs is 8. The Morgan fingerprint density at radius 1 is 0.337 bits per heavy atom. The van der Waals surface area contributed by atoms with Crippen LogP contribution in [-0.4, -0.2) is 254 Å². The summed E-state index contributed by atoms with van der Waals surface area (Å²) in [5.41, 5.74) is -11.0. The van der Waals surface area contributed by atoms with Crippen molar-refractivity contribution in [3.05, 3.63) is 91.0 Å². The SMILES string of the molecule is O=C(O)[C@@H]1C[C@@H](O)CN1Cc1c([O-])c2cc(c1[O-])C(CCS(=O)(=O)O)c1cc(c(O)c(CN3C[C@H](O)C[C@H]3C(=O)O)c1O)C(CCS(=O)(=O)O)c1cc(c(O)c(CN3C[C@H](O)C[C@H]3C(=O)O)c1O)C(CCS(=O)(=O)O)c1cc(c([O-])c(CN3C[C@H](O)C[C@H]3C(=O)O)c1[O-])C2CCS(=O)(=O)O.[Na+].[Na+].[Na+].[Na+]. The number of hydrogen-bond acceptors (Lipinski definition) is 28. The monoisotopic (exact) mass is 1580 g/mol. The van der Waals surface area contributed by atoms with Crippen LogP contribution in [0.5, 0.6) is 46.0 Å². The van der Waals surface area contributed by atoms with Gasteiger partial charge in [-0.25, -0.2) is 0 Å². The zero-order chi connectivity index (χ0) is 74.1. The molecule has 4 aromatic carbocycles. The second-order valence-corrected chi connectivity index (χ2v) is 32.3. The van der Waals surface area contributed by atoms with Gasteiger partial charge >= 0.3 is 142 Å². The molecule has 1 aliphatic carbocycles. The molecule has 4 aliphatic heterocycles. The van der Waals surface area contributed by atoms with Gasteiger partial charge in [-0.15, -0.1) is 23.0 Å². The summed E-state index contributed by atoms with van der Waals surface area (Å²) in [6.07, 6.45) is -12.8. The number of aromatic hydroxyl groups is 4. The number of aliphatic hydroxyl groups is 4. The minimum Gasteiger partial charge on any atom is -0.872 e. The van der Waals surface area contributed by atoms with Crippen LogP contribution in [0.2, 0.25) is 0 Å². The van der Waals surface area contributed by atoms with E-state index in [0.29, 0.717) is 12.1 Å². The third-order valence-corrected chi connectivity index (χ3v) is 22.4. The van der Waals surface area contributed by atoms with Crippen molar-refractivity contribution in [3.63, 3.8) is 0 Å². The van der Waals surface area contributed by atoms with E-state index >= 15 is 20.4 Å². The maximum absolute atomic E-state index is 15.9. The number of nitrogens with zero attached hydrogens (tertiary/aromatic N) is 4. The standard InChI is InChI=1S/C60H76N4O32S4.4Na/c65-25-9-45(57(77)78)61(17-25)21-41-49(69)33-13-35(51(41)71)30(2-6-98(88,89)90)37-15-39(55(75)43(53(37)73)23-63-19-27(67)11-47(63)59(81)82)32(4-8-100(94,95)96)40-16-38(54(74)44(56(40)76)24-64-20-28(68)12-48(64)60(83)84)31(3-7-99(91,92)93)36-14-34(29(33)1-5-97(85,86)87)50(70)42(52(36)72)22-62-18-26(66)10-46(62)58(79)80;;;;/h13-16,25-32,45-48,65-76H,1-12,17-24H2,(H,77,78)(H,79,80)(H,81,82)(H,83,84)(H,85,86,87)(H,88,89,90)(H,91,92,93)(H,94,95,96);;;;/q;4*+1/p-4/t25-,26-,27-,28-,29?,30?,31?,32?,45+,46+,47+,48+;;;;/m1..../s1. The van der Waals surface area contributed by atoms with Crippen LogP contribution >= 0.6 is 0 Å². The van der Waals surface area contributed by atoms with Gasteiger partial charge in [0.25, 0.3) is 40.5 Å². The summed E-state index contributed by atoms with van der Waals surface area (Å²) in [5, 5.41) is 200. The van der Waals surface area contributed by atoms with E-state index < -0.39 is 376 Å². The number of hydrogen-bond donors (Lipinski definition) is 16. The fraction of sp³-hybridized carbons (Fsp3) is 0.533. The topological polar surface area (TPSA) is 634 Å². The zero-order valence-corrected chi connectivity index (χ0v) is 67.8. The molecule has 8 bridgehead atoms. The van der Waals surface area contributed by atoms with E-state index in [2.05, 4.69) is 0 Å². The molecule has 552 valence electrons. The number of carbonyl (C=O) groups is 4. The Kier molecular flexibility index (Phi) is 31.2. The van der Waals surface area contributed by atoms with Gasteiger partial charge in [0.15, 0.2) is 0 Å². The quantitative estimate of drug-likeness (QED) is 0.0229. The van der Waals surface area contributed by atoms with Crippen LogP contribution in [0.3, 0.4) is 0 Å². The minimum absolute atomic E-state index is 0. The normalized spacial score (nSPS) is 24.8. The summed E-state index contributed by atoms with van der Waals surface area (Å²) in [6.45, 7) is -6.68. The van der Waals surface area contributed by atoms with Gasteiger partial charge in [-0.1, -0.05) is 12.1 Å². The number of β-amino-alcohol motifs (C(OH)–C–C–N with tert-alkyl or cyclic N) is 4. The molecule has 4 saturated heterocycles. The maximum atomic E-state index is 15.9. The molecule has 4 heterocycles. The molecule has 0 aromatic heterocycles. The molecule has 44 heteroatoms. The summed E-state index contributed by atoms with van der Waals surface area (Å²) in [6, 6.07) is -4.11. The molecule has 104 heavy (non-hydrogen) atoms. The van der Waals surface area contributed by atoms with Gasteiger partial charge < -0.3 is 81.7 Å². The maximum Gasteiger partial charge on any atom is 1.00 e. The summed E-state index contributed by atoms with van der Waals surface area (Å²) < 4.78 is 147. The van der Waals surface area contributed by atoms with E-state index in [9.17, 15) is 132 Å². The Balaban J connectivity index is 0.00000486. The summed E-state index contributed by atoms with van der Waals surface area (Å²) in [5.74, 6) is -32.5. The largest absolute Gasteiger partial charge is 1.00 e. The molecule has 0 saturated carbocycles. The van der Waals surface area contributed by atoms with Crippen molar-refractivity contribution in [1.29, 1.82) is 0 Å². The predicted molar refractivity (Wildman–Crippen MR) is 332 cm³/mol. The first-order valence-corrected chi connectivity index (χ1v) is 37.4. The number of carboxylic acids is 4. The summed E-state index contributed by atoms with van der Waals surface area (Å²) >= 11 is 0. The molecule has 4 aromatic rings. The second kappa shape index (κ2) is 35.7. The van der Waals surface area contributed by atoms with Gasteiger partial charge in [-0.2, -0.15) is 33.7 Å². The number of likely N-dealkylation sites (tertiary alicyclic amines) is 4. The fourth-order valence-corrected chi connectivity index (χ4v) is 16.9. The molecule has 4 fully saturated rings. The van der Waals surface area contributed by atoms with Gasteiger partial charge in [0.1, 0.15) is 47.2 Å². The van der Waals surface area contributed by atoms with Crippen LogP contribution in [0.25, 0.3) is 0 Å². The van der Waals surface area contributed by atoms with E-state index in [1.807, 2.05) is 0 Å². The van der Waals surface area contributed by atoms with Crippen LogP contribution in [-0.2, 0) is 85.8 Å². The molecular weight excluding hydrogens is 1510 g/mol. The van der Waals surface area contributed by atoms with Crippen LogP contribution in [0, 0.1) is 0 Å². The molecule has 2 unspecified atom stereocenters. The van der Waals surface area contributed by atoms with Crippen LogP contribution in [0.1, 0.15) is 142 Å². The molecule has 16 N–H and O–H groups in total. The average molecular weight is 1580 g/mol. The predicted octanol–water partition coefficient (Wildman–Crippen LogP) is -15.1. The van der Waals surface area contributed by atoms with Crippen LogP contribution in [0.4, 0.5) is 0 Å². The minimum atomic E-state index is -5.36. The van der Waals surface area contributed by atoms with Gasteiger partial charge in [0.2, 0.25) is 0 Å². The van der Waals surface area contributed by atoms with Crippen molar-refractivity contribution in [2.45, 2.75) is 150 Å². The molecule has 0 spiro atoms. The van der Waals surface area contributed by atoms with Crippen molar-refractivity contribution < 1.29 is 271 Å². The van der Waals surface area contributed by atoms with Crippen molar-refractivity contribution >= 4 is 64.3 Å². The number of rotatable bonds is 24. The molecule has 36 nitrogen and oxygen atoms in total.